The Morgan fingerprint density at radius 1 is 1.32 bits per heavy atom. The second kappa shape index (κ2) is 6.66. The highest BCUT2D eigenvalue weighted by Crippen LogP contribution is 2.24. The Morgan fingerprint density at radius 3 is 2.63 bits per heavy atom. The fourth-order valence-electron chi connectivity index (χ4n) is 2.17. The maximum atomic E-state index is 11.9. The first-order valence-corrected chi connectivity index (χ1v) is 9.57. The second-order valence-electron chi connectivity index (χ2n) is 4.95. The molecule has 19 heavy (non-hydrogen) atoms. The SMILES string of the molecule is CCCS(=O)(=O)c1ccc(NCC2CCSC2)cc1. The minimum absolute atomic E-state index is 0.221. The molecule has 1 aromatic carbocycles. The molecule has 3 nitrogen and oxygen atoms in total. The van der Waals surface area contributed by atoms with E-state index in [0.717, 1.165) is 18.2 Å². The molecule has 1 fully saturated rings. The third-order valence-electron chi connectivity index (χ3n) is 3.31. The Balaban J connectivity index is 1.94. The molecule has 0 amide bonds. The summed E-state index contributed by atoms with van der Waals surface area (Å²) in [4.78, 5) is 0.427. The number of thioether (sulfide) groups is 1. The minimum Gasteiger partial charge on any atom is -0.385 e. The Bertz CT molecular complexity index is 491. The van der Waals surface area contributed by atoms with E-state index in [1.54, 1.807) is 12.1 Å². The Hall–Kier alpha value is -0.680. The van der Waals surface area contributed by atoms with E-state index in [-0.39, 0.29) is 5.75 Å². The smallest absolute Gasteiger partial charge is 0.178 e. The van der Waals surface area contributed by atoms with Crippen molar-refractivity contribution >= 4 is 27.3 Å². The van der Waals surface area contributed by atoms with Crippen molar-refractivity contribution in [1.29, 1.82) is 0 Å². The van der Waals surface area contributed by atoms with Crippen molar-refractivity contribution in [2.45, 2.75) is 24.7 Å². The van der Waals surface area contributed by atoms with Crippen molar-refractivity contribution in [2.24, 2.45) is 5.92 Å². The fourth-order valence-corrected chi connectivity index (χ4v) is 4.78. The van der Waals surface area contributed by atoms with E-state index in [0.29, 0.717) is 11.3 Å². The summed E-state index contributed by atoms with van der Waals surface area (Å²) < 4.78 is 23.8. The van der Waals surface area contributed by atoms with Crippen LogP contribution in [0.15, 0.2) is 29.2 Å². The van der Waals surface area contributed by atoms with Gasteiger partial charge < -0.3 is 5.32 Å². The lowest BCUT2D eigenvalue weighted by atomic mass is 10.1. The molecular formula is C14H21NO2S2. The topological polar surface area (TPSA) is 46.2 Å². The lowest BCUT2D eigenvalue weighted by Gasteiger charge is -2.11. The molecule has 0 radical (unpaired) electrons. The highest BCUT2D eigenvalue weighted by molar-refractivity contribution is 7.99. The average molecular weight is 299 g/mol. The summed E-state index contributed by atoms with van der Waals surface area (Å²) in [6, 6.07) is 7.14. The summed E-state index contributed by atoms with van der Waals surface area (Å²) in [6.45, 7) is 2.86. The number of hydrogen-bond acceptors (Lipinski definition) is 4. The maximum Gasteiger partial charge on any atom is 0.178 e. The van der Waals surface area contributed by atoms with Gasteiger partial charge >= 0.3 is 0 Å². The molecule has 1 aliphatic heterocycles. The minimum atomic E-state index is -3.09. The van der Waals surface area contributed by atoms with E-state index in [1.807, 2.05) is 30.8 Å². The average Bonchev–Trinajstić information content (AvgIpc) is 2.90. The lowest BCUT2D eigenvalue weighted by Crippen LogP contribution is -2.13. The molecule has 1 N–H and O–H groups in total. The van der Waals surface area contributed by atoms with Crippen molar-refractivity contribution in [3.05, 3.63) is 24.3 Å². The molecule has 5 heteroatoms. The highest BCUT2D eigenvalue weighted by Gasteiger charge is 2.15. The zero-order valence-electron chi connectivity index (χ0n) is 11.3. The summed E-state index contributed by atoms with van der Waals surface area (Å²) in [5.74, 6) is 3.46. The molecule has 106 valence electrons. The molecule has 0 spiro atoms. The zero-order valence-corrected chi connectivity index (χ0v) is 12.9. The van der Waals surface area contributed by atoms with Crippen LogP contribution >= 0.6 is 11.8 Å². The first kappa shape index (κ1) is 14.7. The predicted molar refractivity (Wildman–Crippen MR) is 82.7 cm³/mol. The van der Waals surface area contributed by atoms with Crippen LogP contribution in [0.1, 0.15) is 19.8 Å². The summed E-state index contributed by atoms with van der Waals surface area (Å²) in [5, 5.41) is 3.39. The van der Waals surface area contributed by atoms with Crippen LogP contribution in [0.4, 0.5) is 5.69 Å². The fraction of sp³-hybridized carbons (Fsp3) is 0.571. The standard InChI is InChI=1S/C14H21NO2S2/c1-2-9-19(16,17)14-5-3-13(4-6-14)15-10-12-7-8-18-11-12/h3-6,12,15H,2,7-11H2,1H3. The van der Waals surface area contributed by atoms with Gasteiger partial charge in [0.2, 0.25) is 0 Å². The monoisotopic (exact) mass is 299 g/mol. The molecule has 0 aromatic heterocycles. The van der Waals surface area contributed by atoms with Gasteiger partial charge in [-0.15, -0.1) is 0 Å². The molecular weight excluding hydrogens is 278 g/mol. The predicted octanol–water partition coefficient (Wildman–Crippen LogP) is 3.04. The summed E-state index contributed by atoms with van der Waals surface area (Å²) >= 11 is 2.01. The first-order valence-electron chi connectivity index (χ1n) is 6.76. The van der Waals surface area contributed by atoms with E-state index in [2.05, 4.69) is 5.32 Å². The molecule has 0 aliphatic carbocycles. The van der Waals surface area contributed by atoms with Crippen LogP contribution < -0.4 is 5.32 Å². The molecule has 1 aromatic rings. The van der Waals surface area contributed by atoms with Gasteiger partial charge in [0.15, 0.2) is 9.84 Å². The molecule has 1 saturated heterocycles. The number of anilines is 1. The first-order chi connectivity index (χ1) is 9.12. The second-order valence-corrected chi connectivity index (χ2v) is 8.21. The van der Waals surface area contributed by atoms with Gasteiger partial charge in [-0.3, -0.25) is 0 Å². The molecule has 2 rings (SSSR count). The Labute approximate surface area is 120 Å². The lowest BCUT2D eigenvalue weighted by molar-refractivity contribution is 0.594. The maximum absolute atomic E-state index is 11.9. The Kier molecular flexibility index (Phi) is 5.16. The van der Waals surface area contributed by atoms with Gasteiger partial charge in [-0.2, -0.15) is 11.8 Å². The molecule has 1 atom stereocenters. The molecule has 0 saturated carbocycles. The van der Waals surface area contributed by atoms with Gasteiger partial charge in [-0.05, 0) is 54.5 Å². The quantitative estimate of drug-likeness (QED) is 0.877. The Morgan fingerprint density at radius 2 is 2.05 bits per heavy atom. The van der Waals surface area contributed by atoms with Crippen LogP contribution in [0.2, 0.25) is 0 Å². The van der Waals surface area contributed by atoms with Gasteiger partial charge in [0.25, 0.3) is 0 Å². The van der Waals surface area contributed by atoms with Gasteiger partial charge in [0.05, 0.1) is 10.6 Å². The van der Waals surface area contributed by atoms with E-state index >= 15 is 0 Å². The van der Waals surface area contributed by atoms with Crippen LogP contribution in [0, 0.1) is 5.92 Å². The zero-order chi connectivity index (χ0) is 13.7. The number of rotatable bonds is 6. The van der Waals surface area contributed by atoms with E-state index < -0.39 is 9.84 Å². The normalized spacial score (nSPS) is 19.5. The van der Waals surface area contributed by atoms with Gasteiger partial charge in [-0.25, -0.2) is 8.42 Å². The molecule has 1 aliphatic rings. The van der Waals surface area contributed by atoms with Crippen molar-refractivity contribution in [3.8, 4) is 0 Å². The third kappa shape index (κ3) is 4.14. The number of hydrogen-bond donors (Lipinski definition) is 1. The number of nitrogens with one attached hydrogen (secondary N) is 1. The third-order valence-corrected chi connectivity index (χ3v) is 6.47. The van der Waals surface area contributed by atoms with E-state index in [1.165, 1.54) is 17.9 Å². The van der Waals surface area contributed by atoms with Gasteiger partial charge in [0.1, 0.15) is 0 Å². The van der Waals surface area contributed by atoms with E-state index in [9.17, 15) is 8.42 Å². The largest absolute Gasteiger partial charge is 0.385 e. The summed E-state index contributed by atoms with van der Waals surface area (Å²) in [5.41, 5.74) is 1.01. The highest BCUT2D eigenvalue weighted by atomic mass is 32.2. The van der Waals surface area contributed by atoms with Gasteiger partial charge in [-0.1, -0.05) is 6.92 Å². The van der Waals surface area contributed by atoms with Crippen LogP contribution in [0.5, 0.6) is 0 Å². The van der Waals surface area contributed by atoms with Gasteiger partial charge in [0, 0.05) is 12.2 Å². The van der Waals surface area contributed by atoms with Crippen LogP contribution in [-0.2, 0) is 9.84 Å². The number of sulfone groups is 1. The van der Waals surface area contributed by atoms with Crippen LogP contribution in [-0.4, -0.2) is 32.2 Å². The van der Waals surface area contributed by atoms with E-state index in [4.69, 9.17) is 0 Å². The van der Waals surface area contributed by atoms with Crippen molar-refractivity contribution in [2.75, 3.05) is 29.1 Å². The van der Waals surface area contributed by atoms with Crippen LogP contribution in [0.25, 0.3) is 0 Å². The van der Waals surface area contributed by atoms with Crippen LogP contribution in [0.3, 0.4) is 0 Å². The number of benzene rings is 1. The molecule has 1 unspecified atom stereocenters. The van der Waals surface area contributed by atoms with Crippen molar-refractivity contribution in [1.82, 2.24) is 0 Å². The molecule has 0 bridgehead atoms. The van der Waals surface area contributed by atoms with Crippen molar-refractivity contribution < 1.29 is 8.42 Å². The summed E-state index contributed by atoms with van der Waals surface area (Å²) in [6.07, 6.45) is 1.93. The summed E-state index contributed by atoms with van der Waals surface area (Å²) in [7, 11) is -3.09. The van der Waals surface area contributed by atoms with Crippen molar-refractivity contribution in [3.63, 3.8) is 0 Å². The molecule has 1 heterocycles.